The summed E-state index contributed by atoms with van der Waals surface area (Å²) in [5.74, 6) is -0.654. The summed E-state index contributed by atoms with van der Waals surface area (Å²) in [6.07, 6.45) is 5.14. The van der Waals surface area contributed by atoms with Gasteiger partial charge in [-0.05, 0) is 48.2 Å². The number of hydrogen-bond donors (Lipinski definition) is 3. The molecule has 0 bridgehead atoms. The van der Waals surface area contributed by atoms with Crippen LogP contribution in [0.5, 0.6) is 0 Å². The van der Waals surface area contributed by atoms with E-state index in [0.717, 1.165) is 11.8 Å². The molecule has 4 aromatic rings. The van der Waals surface area contributed by atoms with Gasteiger partial charge in [-0.1, -0.05) is 85.6 Å². The highest BCUT2D eigenvalue weighted by atomic mass is 35.5. The van der Waals surface area contributed by atoms with Gasteiger partial charge in [-0.2, -0.15) is 4.98 Å². The van der Waals surface area contributed by atoms with Crippen molar-refractivity contribution in [1.29, 1.82) is 0 Å². The summed E-state index contributed by atoms with van der Waals surface area (Å²) in [6, 6.07) is 25.7. The van der Waals surface area contributed by atoms with Crippen LogP contribution in [-0.2, 0) is 17.6 Å². The number of amides is 1. The van der Waals surface area contributed by atoms with Gasteiger partial charge >= 0.3 is 5.69 Å². The molecule has 202 valence electrons. The predicted octanol–water partition coefficient (Wildman–Crippen LogP) is 6.32. The largest absolute Gasteiger partial charge is 0.368 e. The van der Waals surface area contributed by atoms with E-state index >= 15 is 0 Å². The van der Waals surface area contributed by atoms with Gasteiger partial charge in [0.25, 0.3) is 0 Å². The van der Waals surface area contributed by atoms with E-state index in [1.807, 2.05) is 30.3 Å². The van der Waals surface area contributed by atoms with Crippen LogP contribution in [0.25, 0.3) is 0 Å². The molecule has 4 N–H and O–H groups in total. The molecular formula is C29H31ClN6O3. The minimum absolute atomic E-state index is 0.110. The number of benzene rings is 3. The molecule has 0 fully saturated rings. The third-order valence-corrected chi connectivity index (χ3v) is 5.92. The highest BCUT2D eigenvalue weighted by Crippen LogP contribution is 2.25. The van der Waals surface area contributed by atoms with Crippen molar-refractivity contribution < 1.29 is 9.72 Å². The van der Waals surface area contributed by atoms with Crippen LogP contribution < -0.4 is 16.4 Å². The second-order valence-corrected chi connectivity index (χ2v) is 9.13. The molecule has 10 heteroatoms. The average molecular weight is 547 g/mol. The number of halogens is 1. The Hall–Kier alpha value is -4.50. The first kappa shape index (κ1) is 29.1. The summed E-state index contributed by atoms with van der Waals surface area (Å²) in [4.78, 5) is 30.8. The number of nitrogens with two attached hydrogens (primary N) is 1. The molecule has 4 rings (SSSR count). The van der Waals surface area contributed by atoms with Crippen LogP contribution in [0.3, 0.4) is 0 Å². The Balaban J connectivity index is 0.000000353. The molecule has 0 spiro atoms. The highest BCUT2D eigenvalue weighted by Gasteiger charge is 2.23. The van der Waals surface area contributed by atoms with Gasteiger partial charge in [0.1, 0.15) is 12.2 Å². The van der Waals surface area contributed by atoms with E-state index < -0.39 is 16.9 Å². The van der Waals surface area contributed by atoms with Crippen LogP contribution in [0.1, 0.15) is 30.9 Å². The maximum Gasteiger partial charge on any atom is 0.329 e. The fraction of sp³-hybridized carbons (Fsp3) is 0.207. The van der Waals surface area contributed by atoms with Gasteiger partial charge in [-0.3, -0.25) is 14.9 Å². The number of aryl methyl sites for hydroxylation is 1. The van der Waals surface area contributed by atoms with Crippen LogP contribution in [0.2, 0.25) is 5.02 Å². The van der Waals surface area contributed by atoms with E-state index in [-0.39, 0.29) is 23.9 Å². The van der Waals surface area contributed by atoms with Crippen molar-refractivity contribution in [2.45, 2.75) is 38.6 Å². The lowest BCUT2D eigenvalue weighted by atomic mass is 10.1. The summed E-state index contributed by atoms with van der Waals surface area (Å²) in [5.41, 5.74) is 8.08. The maximum atomic E-state index is 11.9. The van der Waals surface area contributed by atoms with Crippen molar-refractivity contribution in [2.75, 3.05) is 10.6 Å². The molecule has 0 saturated heterocycles. The number of carbonyl (C=O) groups is 1. The first-order chi connectivity index (χ1) is 18.9. The molecule has 1 heterocycles. The molecule has 1 amide bonds. The lowest BCUT2D eigenvalue weighted by Crippen LogP contribution is -2.37. The number of carbonyl (C=O) groups excluding carboxylic acids is 1. The molecular weight excluding hydrogens is 516 g/mol. The molecule has 1 unspecified atom stereocenters. The van der Waals surface area contributed by atoms with E-state index in [2.05, 4.69) is 57.9 Å². The van der Waals surface area contributed by atoms with Gasteiger partial charge in [0, 0.05) is 17.1 Å². The number of unbranched alkanes of at least 4 members (excludes halogenated alkanes) is 1. The zero-order valence-corrected chi connectivity index (χ0v) is 22.3. The van der Waals surface area contributed by atoms with Crippen LogP contribution in [-0.4, -0.2) is 26.8 Å². The molecule has 0 saturated carbocycles. The Morgan fingerprint density at radius 1 is 1.00 bits per heavy atom. The second-order valence-electron chi connectivity index (χ2n) is 8.69. The number of nitro groups is 1. The molecule has 0 aliphatic heterocycles. The monoisotopic (exact) mass is 546 g/mol. The average Bonchev–Trinajstić information content (AvgIpc) is 2.94. The quantitative estimate of drug-likeness (QED) is 0.148. The topological polar surface area (TPSA) is 136 Å². The number of nitrogens with one attached hydrogen (secondary N) is 2. The van der Waals surface area contributed by atoms with E-state index in [4.69, 9.17) is 17.3 Å². The van der Waals surface area contributed by atoms with Gasteiger partial charge in [-0.25, -0.2) is 4.98 Å². The Morgan fingerprint density at radius 2 is 1.62 bits per heavy atom. The smallest absolute Gasteiger partial charge is 0.329 e. The first-order valence-corrected chi connectivity index (χ1v) is 12.9. The summed E-state index contributed by atoms with van der Waals surface area (Å²) >= 11 is 5.86. The molecule has 3 aromatic carbocycles. The Bertz CT molecular complexity index is 1340. The number of rotatable bonds is 11. The van der Waals surface area contributed by atoms with E-state index in [1.165, 1.54) is 24.8 Å². The lowest BCUT2D eigenvalue weighted by Gasteiger charge is -2.16. The van der Waals surface area contributed by atoms with Gasteiger partial charge in [-0.15, -0.1) is 0 Å². The summed E-state index contributed by atoms with van der Waals surface area (Å²) in [7, 11) is 0. The maximum absolute atomic E-state index is 11.9. The zero-order chi connectivity index (χ0) is 28.0. The molecule has 0 radical (unpaired) electrons. The zero-order valence-electron chi connectivity index (χ0n) is 21.6. The van der Waals surface area contributed by atoms with Crippen molar-refractivity contribution in [3.05, 3.63) is 117 Å². The SMILES string of the molecule is CCCCc1ccccc1.NC(=O)C(Cc1ccccc1)Nc1nc(Nc2ccc(Cl)cc2)ncc1[N+](=O)[O-]. The normalized spacial score (nSPS) is 11.0. The third kappa shape index (κ3) is 9.71. The molecule has 0 aliphatic carbocycles. The van der Waals surface area contributed by atoms with E-state index in [9.17, 15) is 14.9 Å². The van der Waals surface area contributed by atoms with Crippen LogP contribution >= 0.6 is 11.6 Å². The lowest BCUT2D eigenvalue weighted by molar-refractivity contribution is -0.384. The van der Waals surface area contributed by atoms with E-state index in [1.54, 1.807) is 24.3 Å². The Kier molecular flexibility index (Phi) is 11.2. The number of primary amides is 1. The Labute approximate surface area is 232 Å². The summed E-state index contributed by atoms with van der Waals surface area (Å²) in [6.45, 7) is 2.23. The minimum atomic E-state index is -0.894. The highest BCUT2D eigenvalue weighted by molar-refractivity contribution is 6.30. The van der Waals surface area contributed by atoms with Crippen LogP contribution in [0.4, 0.5) is 23.1 Å². The molecule has 9 nitrogen and oxygen atoms in total. The number of nitrogens with zero attached hydrogens (tertiary/aromatic N) is 3. The van der Waals surface area contributed by atoms with Crippen molar-refractivity contribution in [1.82, 2.24) is 9.97 Å². The second kappa shape index (κ2) is 15.0. The van der Waals surface area contributed by atoms with Crippen molar-refractivity contribution >= 4 is 40.6 Å². The van der Waals surface area contributed by atoms with Gasteiger partial charge in [0.2, 0.25) is 17.7 Å². The van der Waals surface area contributed by atoms with E-state index in [0.29, 0.717) is 10.7 Å². The minimum Gasteiger partial charge on any atom is -0.368 e. The van der Waals surface area contributed by atoms with Gasteiger partial charge in [0.05, 0.1) is 4.92 Å². The van der Waals surface area contributed by atoms with Crippen LogP contribution in [0.15, 0.2) is 91.1 Å². The van der Waals surface area contributed by atoms with Crippen molar-refractivity contribution in [3.63, 3.8) is 0 Å². The number of hydrogen-bond acceptors (Lipinski definition) is 7. The molecule has 1 atom stereocenters. The van der Waals surface area contributed by atoms with Crippen LogP contribution in [0, 0.1) is 10.1 Å². The van der Waals surface area contributed by atoms with Crippen molar-refractivity contribution in [2.24, 2.45) is 5.73 Å². The first-order valence-electron chi connectivity index (χ1n) is 12.5. The molecule has 0 aliphatic rings. The Morgan fingerprint density at radius 3 is 2.18 bits per heavy atom. The fourth-order valence-electron chi connectivity index (χ4n) is 3.60. The number of aromatic nitrogens is 2. The molecule has 1 aromatic heterocycles. The number of anilines is 3. The standard InChI is InChI=1S/C19H17ClN6O3.C10H14/c20-13-6-8-14(9-7-13)23-19-22-11-16(26(28)29)18(25-19)24-15(17(21)27)10-12-4-2-1-3-5-12;1-2-3-7-10-8-5-4-6-9-10/h1-9,11,15H,10H2,(H2,21,27)(H2,22,23,24,25);4-6,8-9H,2-3,7H2,1H3. The molecule has 39 heavy (non-hydrogen) atoms. The van der Waals surface area contributed by atoms with Gasteiger partial charge < -0.3 is 16.4 Å². The fourth-order valence-corrected chi connectivity index (χ4v) is 3.73. The van der Waals surface area contributed by atoms with Gasteiger partial charge in [0.15, 0.2) is 0 Å². The van der Waals surface area contributed by atoms with Crippen molar-refractivity contribution in [3.8, 4) is 0 Å². The summed E-state index contributed by atoms with van der Waals surface area (Å²) in [5, 5.41) is 17.6. The predicted molar refractivity (Wildman–Crippen MR) is 155 cm³/mol. The summed E-state index contributed by atoms with van der Waals surface area (Å²) < 4.78 is 0. The third-order valence-electron chi connectivity index (χ3n) is 5.67.